The SMILES string of the molecule is C=CCCCCCCCCN(CCCCCCCCC=C)c1nc(Cl)nc(N(CCCCCCCCC=C)CCCCCCCCC=C)n1. The molecule has 0 aliphatic carbocycles. The van der Waals surface area contributed by atoms with Gasteiger partial charge in [0, 0.05) is 26.2 Å². The van der Waals surface area contributed by atoms with Gasteiger partial charge < -0.3 is 9.80 Å². The minimum absolute atomic E-state index is 0.323. The summed E-state index contributed by atoms with van der Waals surface area (Å²) in [6, 6.07) is 0. The standard InChI is InChI=1S/C43H76ClN5/c1-5-9-13-17-21-25-29-33-37-48(38-34-30-26-22-18-14-10-6-2)42-45-41(44)46-43(47-42)49(39-35-31-27-23-19-15-11-7-3)40-36-32-28-24-20-16-12-8-4/h5-8H,1-4,9-40H2. The number of rotatable bonds is 38. The second-order valence-corrected chi connectivity index (χ2v) is 14.3. The van der Waals surface area contributed by atoms with Crippen LogP contribution in [0.25, 0.3) is 0 Å². The third-order valence-corrected chi connectivity index (χ3v) is 9.66. The summed E-state index contributed by atoms with van der Waals surface area (Å²) in [5.41, 5.74) is 0. The highest BCUT2D eigenvalue weighted by molar-refractivity contribution is 6.28. The van der Waals surface area contributed by atoms with Crippen molar-refractivity contribution in [2.45, 2.75) is 180 Å². The maximum Gasteiger partial charge on any atom is 0.231 e. The fourth-order valence-electron chi connectivity index (χ4n) is 6.43. The molecule has 1 aromatic rings. The molecular weight excluding hydrogens is 622 g/mol. The minimum Gasteiger partial charge on any atom is -0.341 e. The number of anilines is 2. The molecule has 0 N–H and O–H groups in total. The zero-order valence-electron chi connectivity index (χ0n) is 31.9. The van der Waals surface area contributed by atoms with Crippen LogP contribution in [0.2, 0.25) is 5.28 Å². The van der Waals surface area contributed by atoms with Crippen molar-refractivity contribution in [2.24, 2.45) is 0 Å². The third kappa shape index (κ3) is 26.4. The van der Waals surface area contributed by atoms with Crippen molar-refractivity contribution in [3.05, 3.63) is 55.9 Å². The van der Waals surface area contributed by atoms with Gasteiger partial charge in [0.25, 0.3) is 0 Å². The van der Waals surface area contributed by atoms with Crippen molar-refractivity contribution in [3.63, 3.8) is 0 Å². The lowest BCUT2D eigenvalue weighted by molar-refractivity contribution is 0.559. The molecule has 0 spiro atoms. The first-order chi connectivity index (χ1) is 24.2. The van der Waals surface area contributed by atoms with Gasteiger partial charge in [-0.15, -0.1) is 26.3 Å². The number of halogens is 1. The Balaban J connectivity index is 2.88. The predicted octanol–water partition coefficient (Wildman–Crippen LogP) is 13.8. The Kier molecular flexibility index (Phi) is 31.4. The van der Waals surface area contributed by atoms with Gasteiger partial charge >= 0.3 is 0 Å². The van der Waals surface area contributed by atoms with E-state index in [4.69, 9.17) is 26.6 Å². The lowest BCUT2D eigenvalue weighted by atomic mass is 10.1. The maximum atomic E-state index is 6.67. The van der Waals surface area contributed by atoms with Crippen LogP contribution in [0.15, 0.2) is 50.6 Å². The van der Waals surface area contributed by atoms with Crippen LogP contribution < -0.4 is 9.80 Å². The van der Waals surface area contributed by atoms with Gasteiger partial charge in [-0.1, -0.05) is 127 Å². The first-order valence-electron chi connectivity index (χ1n) is 20.5. The van der Waals surface area contributed by atoms with Gasteiger partial charge in [0.05, 0.1) is 0 Å². The molecule has 0 saturated carbocycles. The van der Waals surface area contributed by atoms with E-state index in [1.807, 2.05) is 24.3 Å². The van der Waals surface area contributed by atoms with Crippen LogP contribution in [0.5, 0.6) is 0 Å². The van der Waals surface area contributed by atoms with E-state index in [1.54, 1.807) is 0 Å². The molecule has 49 heavy (non-hydrogen) atoms. The molecule has 5 nitrogen and oxygen atoms in total. The Bertz CT molecular complexity index is 817. The molecule has 0 amide bonds. The Hall–Kier alpha value is -2.14. The molecule has 0 aromatic carbocycles. The number of hydrogen-bond donors (Lipinski definition) is 0. The number of unbranched alkanes of at least 4 members (excludes halogenated alkanes) is 24. The van der Waals surface area contributed by atoms with E-state index in [2.05, 4.69) is 36.1 Å². The summed E-state index contributed by atoms with van der Waals surface area (Å²) in [7, 11) is 0. The highest BCUT2D eigenvalue weighted by Gasteiger charge is 2.17. The van der Waals surface area contributed by atoms with Crippen LogP contribution in [0, 0.1) is 0 Å². The number of nitrogens with zero attached hydrogens (tertiary/aromatic N) is 5. The molecule has 0 saturated heterocycles. The van der Waals surface area contributed by atoms with Crippen molar-refractivity contribution in [1.82, 2.24) is 15.0 Å². The molecule has 0 aliphatic heterocycles. The Labute approximate surface area is 309 Å². The molecule has 6 heteroatoms. The van der Waals surface area contributed by atoms with E-state index in [0.717, 1.165) is 89.4 Å². The van der Waals surface area contributed by atoms with Crippen LogP contribution >= 0.6 is 11.6 Å². The van der Waals surface area contributed by atoms with Crippen LogP contribution in [0.4, 0.5) is 11.9 Å². The second kappa shape index (κ2) is 34.3. The maximum absolute atomic E-state index is 6.67. The molecule has 280 valence electrons. The lowest BCUT2D eigenvalue weighted by Gasteiger charge is -2.26. The first-order valence-corrected chi connectivity index (χ1v) is 20.9. The van der Waals surface area contributed by atoms with Crippen molar-refractivity contribution >= 4 is 23.5 Å². The zero-order chi connectivity index (χ0) is 35.5. The number of hydrogen-bond acceptors (Lipinski definition) is 5. The van der Waals surface area contributed by atoms with Crippen molar-refractivity contribution in [3.8, 4) is 0 Å². The summed E-state index contributed by atoms with van der Waals surface area (Å²) in [6.07, 6.45) is 42.9. The third-order valence-electron chi connectivity index (χ3n) is 9.50. The fourth-order valence-corrected chi connectivity index (χ4v) is 6.58. The van der Waals surface area contributed by atoms with Crippen LogP contribution in [0.3, 0.4) is 0 Å². The summed E-state index contributed by atoms with van der Waals surface area (Å²) < 4.78 is 0. The molecule has 0 atom stereocenters. The van der Waals surface area contributed by atoms with E-state index >= 15 is 0 Å². The molecule has 1 heterocycles. The van der Waals surface area contributed by atoms with E-state index in [-0.39, 0.29) is 0 Å². The van der Waals surface area contributed by atoms with Gasteiger partial charge in [-0.05, 0) is 88.7 Å². The summed E-state index contributed by atoms with van der Waals surface area (Å²) >= 11 is 6.67. The molecule has 0 fully saturated rings. The van der Waals surface area contributed by atoms with Crippen molar-refractivity contribution in [2.75, 3.05) is 36.0 Å². The average Bonchev–Trinajstić information content (AvgIpc) is 3.10. The first kappa shape index (κ1) is 44.9. The summed E-state index contributed by atoms with van der Waals surface area (Å²) in [5.74, 6) is 1.53. The minimum atomic E-state index is 0.323. The molecule has 0 bridgehead atoms. The summed E-state index contributed by atoms with van der Waals surface area (Å²) in [5, 5.41) is 0.323. The van der Waals surface area contributed by atoms with E-state index in [0.29, 0.717) is 5.28 Å². The largest absolute Gasteiger partial charge is 0.341 e. The Morgan fingerprint density at radius 2 is 0.571 bits per heavy atom. The van der Waals surface area contributed by atoms with Gasteiger partial charge in [-0.25, -0.2) is 0 Å². The Morgan fingerprint density at radius 1 is 0.347 bits per heavy atom. The van der Waals surface area contributed by atoms with Crippen LogP contribution in [-0.4, -0.2) is 41.1 Å². The van der Waals surface area contributed by atoms with Gasteiger partial charge in [0.2, 0.25) is 17.2 Å². The van der Waals surface area contributed by atoms with E-state index < -0.39 is 0 Å². The molecule has 0 aliphatic rings. The van der Waals surface area contributed by atoms with Gasteiger partial charge in [0.15, 0.2) is 0 Å². The second-order valence-electron chi connectivity index (χ2n) is 14.0. The normalized spacial score (nSPS) is 11.0. The molecule has 0 radical (unpaired) electrons. The Morgan fingerprint density at radius 3 is 0.816 bits per heavy atom. The molecular formula is C43H76ClN5. The topological polar surface area (TPSA) is 45.2 Å². The molecule has 1 aromatic heterocycles. The molecule has 0 unspecified atom stereocenters. The van der Waals surface area contributed by atoms with E-state index in [9.17, 15) is 0 Å². The molecule has 1 rings (SSSR count). The van der Waals surface area contributed by atoms with Crippen molar-refractivity contribution < 1.29 is 0 Å². The fraction of sp³-hybridized carbons (Fsp3) is 0.744. The quantitative estimate of drug-likeness (QED) is 0.0508. The monoisotopic (exact) mass is 698 g/mol. The van der Waals surface area contributed by atoms with Crippen LogP contribution in [-0.2, 0) is 0 Å². The highest BCUT2D eigenvalue weighted by Crippen LogP contribution is 2.21. The smallest absolute Gasteiger partial charge is 0.231 e. The van der Waals surface area contributed by atoms with Gasteiger partial charge in [0.1, 0.15) is 0 Å². The summed E-state index contributed by atoms with van der Waals surface area (Å²) in [6.45, 7) is 19.3. The van der Waals surface area contributed by atoms with Crippen LogP contribution in [0.1, 0.15) is 180 Å². The summed E-state index contributed by atoms with van der Waals surface area (Å²) in [4.78, 5) is 19.4. The average molecular weight is 699 g/mol. The van der Waals surface area contributed by atoms with E-state index in [1.165, 1.54) is 128 Å². The van der Waals surface area contributed by atoms with Gasteiger partial charge in [-0.2, -0.15) is 15.0 Å². The number of aromatic nitrogens is 3. The predicted molar refractivity (Wildman–Crippen MR) is 219 cm³/mol. The number of allylic oxidation sites excluding steroid dienone is 4. The highest BCUT2D eigenvalue weighted by atomic mass is 35.5. The van der Waals surface area contributed by atoms with Crippen molar-refractivity contribution in [1.29, 1.82) is 0 Å². The lowest BCUT2D eigenvalue weighted by Crippen LogP contribution is -2.31. The zero-order valence-corrected chi connectivity index (χ0v) is 32.6. The van der Waals surface area contributed by atoms with Gasteiger partial charge in [-0.3, -0.25) is 0 Å².